The minimum atomic E-state index is -4.30. The lowest BCUT2D eigenvalue weighted by Crippen LogP contribution is -2.62. The maximum absolute atomic E-state index is 12.2. The van der Waals surface area contributed by atoms with E-state index in [2.05, 4.69) is 5.32 Å². The molecule has 23 heavy (non-hydrogen) atoms. The molecule has 1 aliphatic rings. The van der Waals surface area contributed by atoms with Crippen LogP contribution < -0.4 is 11.1 Å². The van der Waals surface area contributed by atoms with Crippen molar-refractivity contribution < 1.29 is 27.5 Å². The van der Waals surface area contributed by atoms with E-state index in [0.29, 0.717) is 0 Å². The molecule has 0 aromatic rings. The van der Waals surface area contributed by atoms with Gasteiger partial charge in [0, 0.05) is 19.6 Å². The highest BCUT2D eigenvalue weighted by Gasteiger charge is 2.42. The van der Waals surface area contributed by atoms with E-state index in [1.165, 1.54) is 4.90 Å². The number of primary amides is 1. The van der Waals surface area contributed by atoms with E-state index in [0.717, 1.165) is 0 Å². The van der Waals surface area contributed by atoms with Gasteiger partial charge in [-0.2, -0.15) is 13.2 Å². The molecule has 1 aliphatic heterocycles. The molecule has 0 spiro atoms. The first-order valence-electron chi connectivity index (χ1n) is 7.44. The molecule has 0 radical (unpaired) electrons. The number of halogens is 3. The minimum absolute atomic E-state index is 0.152. The van der Waals surface area contributed by atoms with Crippen molar-refractivity contribution >= 4 is 12.0 Å². The van der Waals surface area contributed by atoms with E-state index < -0.39 is 42.3 Å². The number of piperidine rings is 1. The highest BCUT2D eigenvalue weighted by molar-refractivity contribution is 5.85. The second kappa shape index (κ2) is 6.94. The van der Waals surface area contributed by atoms with Crippen LogP contribution >= 0.6 is 0 Å². The molecule has 1 fully saturated rings. The molecule has 1 heterocycles. The van der Waals surface area contributed by atoms with Gasteiger partial charge in [-0.15, -0.1) is 0 Å². The summed E-state index contributed by atoms with van der Waals surface area (Å²) in [6.07, 6.45) is -5.55. The normalized spacial score (nSPS) is 18.6. The Morgan fingerprint density at radius 2 is 1.74 bits per heavy atom. The standard InChI is InChI=1S/C14H24F3N3O3/c1-12(2,3)23-11(22)20-8-5-13(6-9-20,10(18)21)19-7-4-14(15,16)17/h19H,4-9H2,1-3H3,(H2,18,21). The maximum Gasteiger partial charge on any atom is 0.410 e. The fraction of sp³-hybridized carbons (Fsp3) is 0.857. The van der Waals surface area contributed by atoms with Gasteiger partial charge < -0.3 is 20.7 Å². The zero-order valence-electron chi connectivity index (χ0n) is 13.6. The van der Waals surface area contributed by atoms with Gasteiger partial charge in [0.1, 0.15) is 11.1 Å². The van der Waals surface area contributed by atoms with Crippen molar-refractivity contribution in [1.82, 2.24) is 10.2 Å². The van der Waals surface area contributed by atoms with Gasteiger partial charge >= 0.3 is 12.3 Å². The first-order valence-corrected chi connectivity index (χ1v) is 7.44. The molecular formula is C14H24F3N3O3. The van der Waals surface area contributed by atoms with Gasteiger partial charge in [0.15, 0.2) is 0 Å². The minimum Gasteiger partial charge on any atom is -0.444 e. The van der Waals surface area contributed by atoms with Gasteiger partial charge in [-0.3, -0.25) is 4.79 Å². The first-order chi connectivity index (χ1) is 10.3. The monoisotopic (exact) mass is 339 g/mol. The Morgan fingerprint density at radius 1 is 1.22 bits per heavy atom. The van der Waals surface area contributed by atoms with Gasteiger partial charge in [-0.25, -0.2) is 4.79 Å². The predicted octanol–water partition coefficient (Wildman–Crippen LogP) is 1.78. The molecule has 3 N–H and O–H groups in total. The molecule has 2 amide bonds. The summed E-state index contributed by atoms with van der Waals surface area (Å²) in [4.78, 5) is 25.1. The molecule has 0 saturated carbocycles. The quantitative estimate of drug-likeness (QED) is 0.818. The van der Waals surface area contributed by atoms with Gasteiger partial charge in [0.25, 0.3) is 0 Å². The second-order valence-electron chi connectivity index (χ2n) is 6.71. The Labute approximate surface area is 133 Å². The second-order valence-corrected chi connectivity index (χ2v) is 6.71. The summed E-state index contributed by atoms with van der Waals surface area (Å²) >= 11 is 0. The van der Waals surface area contributed by atoms with Crippen LogP contribution in [0.5, 0.6) is 0 Å². The highest BCUT2D eigenvalue weighted by atomic mass is 19.4. The number of likely N-dealkylation sites (tertiary alicyclic amines) is 1. The molecule has 134 valence electrons. The third-order valence-electron chi connectivity index (χ3n) is 3.61. The summed E-state index contributed by atoms with van der Waals surface area (Å²) in [7, 11) is 0. The van der Waals surface area contributed by atoms with Gasteiger partial charge in [-0.05, 0) is 33.6 Å². The largest absolute Gasteiger partial charge is 0.444 e. The Balaban J connectivity index is 2.60. The van der Waals surface area contributed by atoms with Crippen LogP contribution in [-0.4, -0.2) is 53.9 Å². The van der Waals surface area contributed by atoms with Gasteiger partial charge in [-0.1, -0.05) is 0 Å². The predicted molar refractivity (Wildman–Crippen MR) is 77.6 cm³/mol. The Bertz CT molecular complexity index is 439. The van der Waals surface area contributed by atoms with E-state index in [-0.39, 0.29) is 25.9 Å². The average Bonchev–Trinajstić information content (AvgIpc) is 2.35. The molecule has 0 unspecified atom stereocenters. The van der Waals surface area contributed by atoms with E-state index in [4.69, 9.17) is 10.5 Å². The highest BCUT2D eigenvalue weighted by Crippen LogP contribution is 2.25. The fourth-order valence-corrected chi connectivity index (χ4v) is 2.35. The number of carbonyl (C=O) groups is 2. The lowest BCUT2D eigenvalue weighted by atomic mass is 9.86. The number of rotatable bonds is 4. The molecular weight excluding hydrogens is 315 g/mol. The number of ether oxygens (including phenoxy) is 1. The van der Waals surface area contributed by atoms with Crippen LogP contribution in [0.2, 0.25) is 0 Å². The first kappa shape index (κ1) is 19.5. The van der Waals surface area contributed by atoms with Crippen LogP contribution in [0.1, 0.15) is 40.0 Å². The molecule has 0 aromatic carbocycles. The molecule has 6 nitrogen and oxygen atoms in total. The van der Waals surface area contributed by atoms with E-state index in [1.807, 2.05) is 0 Å². The third-order valence-corrected chi connectivity index (χ3v) is 3.61. The van der Waals surface area contributed by atoms with Crippen LogP contribution in [0, 0.1) is 0 Å². The summed E-state index contributed by atoms with van der Waals surface area (Å²) in [6, 6.07) is 0. The molecule has 1 saturated heterocycles. The zero-order valence-corrected chi connectivity index (χ0v) is 13.6. The van der Waals surface area contributed by atoms with Crippen molar-refractivity contribution in [3.8, 4) is 0 Å². The van der Waals surface area contributed by atoms with Gasteiger partial charge in [0.05, 0.1) is 6.42 Å². The number of nitrogens with two attached hydrogens (primary N) is 1. The Hall–Kier alpha value is -1.51. The number of nitrogens with zero attached hydrogens (tertiary/aromatic N) is 1. The summed E-state index contributed by atoms with van der Waals surface area (Å²) in [5, 5.41) is 2.63. The smallest absolute Gasteiger partial charge is 0.410 e. The SMILES string of the molecule is CC(C)(C)OC(=O)N1CCC(NCCC(F)(F)F)(C(N)=O)CC1. The molecule has 0 aliphatic carbocycles. The molecule has 9 heteroatoms. The summed E-state index contributed by atoms with van der Waals surface area (Å²) in [5.74, 6) is -0.705. The van der Waals surface area contributed by atoms with Crippen LogP contribution in [-0.2, 0) is 9.53 Å². The molecule has 1 rings (SSSR count). The van der Waals surface area contributed by atoms with Crippen molar-refractivity contribution in [3.05, 3.63) is 0 Å². The molecule has 0 atom stereocenters. The van der Waals surface area contributed by atoms with Crippen molar-refractivity contribution in [3.63, 3.8) is 0 Å². The Kier molecular flexibility index (Phi) is 5.89. The van der Waals surface area contributed by atoms with Crippen molar-refractivity contribution in [2.24, 2.45) is 5.73 Å². The van der Waals surface area contributed by atoms with E-state index >= 15 is 0 Å². The van der Waals surface area contributed by atoms with Crippen molar-refractivity contribution in [2.75, 3.05) is 19.6 Å². The number of amides is 2. The molecule has 0 aromatic heterocycles. The van der Waals surface area contributed by atoms with Crippen LogP contribution in [0.3, 0.4) is 0 Å². The summed E-state index contributed by atoms with van der Waals surface area (Å²) in [5.41, 5.74) is 3.50. The average molecular weight is 339 g/mol. The van der Waals surface area contributed by atoms with Crippen molar-refractivity contribution in [1.29, 1.82) is 0 Å². The van der Waals surface area contributed by atoms with Crippen LogP contribution in [0.25, 0.3) is 0 Å². The molecule has 0 bridgehead atoms. The summed E-state index contributed by atoms with van der Waals surface area (Å²) < 4.78 is 41.9. The number of hydrogen-bond donors (Lipinski definition) is 2. The fourth-order valence-electron chi connectivity index (χ4n) is 2.35. The zero-order chi connectivity index (χ0) is 17.9. The van der Waals surface area contributed by atoms with Crippen LogP contribution in [0.15, 0.2) is 0 Å². The van der Waals surface area contributed by atoms with Gasteiger partial charge in [0.2, 0.25) is 5.91 Å². The van der Waals surface area contributed by atoms with E-state index in [9.17, 15) is 22.8 Å². The Morgan fingerprint density at radius 3 is 2.13 bits per heavy atom. The van der Waals surface area contributed by atoms with Crippen LogP contribution in [0.4, 0.5) is 18.0 Å². The van der Waals surface area contributed by atoms with Crippen molar-refractivity contribution in [2.45, 2.75) is 57.3 Å². The lowest BCUT2D eigenvalue weighted by molar-refractivity contribution is -0.137. The number of nitrogens with one attached hydrogen (secondary N) is 1. The topological polar surface area (TPSA) is 84.7 Å². The third kappa shape index (κ3) is 6.25. The number of hydrogen-bond acceptors (Lipinski definition) is 4. The lowest BCUT2D eigenvalue weighted by Gasteiger charge is -2.40. The summed E-state index contributed by atoms with van der Waals surface area (Å²) in [6.45, 7) is 5.20. The van der Waals surface area contributed by atoms with E-state index in [1.54, 1.807) is 20.8 Å². The number of alkyl halides is 3. The maximum atomic E-state index is 12.2. The number of carbonyl (C=O) groups excluding carboxylic acids is 2.